The molecule has 1 aliphatic heterocycles. The van der Waals surface area contributed by atoms with Gasteiger partial charge in [0.05, 0.1) is 17.1 Å². The number of ether oxygens (including phenoxy) is 1. The van der Waals surface area contributed by atoms with E-state index in [-0.39, 0.29) is 6.23 Å². The highest BCUT2D eigenvalue weighted by atomic mass is 79.9. The highest BCUT2D eigenvalue weighted by molar-refractivity contribution is 9.10. The Bertz CT molecular complexity index is 576. The number of aromatic nitrogens is 3. The highest BCUT2D eigenvalue weighted by Gasteiger charge is 2.21. The van der Waals surface area contributed by atoms with E-state index in [0.29, 0.717) is 0 Å². The van der Waals surface area contributed by atoms with Gasteiger partial charge in [-0.15, -0.1) is 0 Å². The molecule has 0 aliphatic carbocycles. The van der Waals surface area contributed by atoms with Crippen molar-refractivity contribution in [1.82, 2.24) is 14.8 Å². The summed E-state index contributed by atoms with van der Waals surface area (Å²) in [5, 5.41) is 4.58. The lowest BCUT2D eigenvalue weighted by atomic mass is 10.2. The Morgan fingerprint density at radius 3 is 3.00 bits per heavy atom. The molecule has 1 fully saturated rings. The van der Waals surface area contributed by atoms with E-state index in [9.17, 15) is 0 Å². The molecule has 1 saturated heterocycles. The highest BCUT2D eigenvalue weighted by Crippen LogP contribution is 2.28. The van der Waals surface area contributed by atoms with Crippen LogP contribution in [0.25, 0.3) is 11.4 Å². The molecule has 19 heavy (non-hydrogen) atoms. The molecule has 0 radical (unpaired) electrons. The van der Waals surface area contributed by atoms with E-state index in [4.69, 9.17) is 4.74 Å². The van der Waals surface area contributed by atoms with Crippen LogP contribution in [0.4, 0.5) is 0 Å². The predicted octanol–water partition coefficient (Wildman–Crippen LogP) is 3.72. The number of nitrogens with zero attached hydrogens (tertiary/aromatic N) is 3. The number of halogens is 1. The van der Waals surface area contributed by atoms with Gasteiger partial charge in [-0.2, -0.15) is 5.10 Å². The molecule has 0 N–H and O–H groups in total. The maximum absolute atomic E-state index is 5.83. The molecule has 2 aromatic rings. The summed E-state index contributed by atoms with van der Waals surface area (Å²) in [5.41, 5.74) is 2.93. The fraction of sp³-hybridized carbons (Fsp3) is 0.429. The summed E-state index contributed by atoms with van der Waals surface area (Å²) in [5.74, 6) is 0. The van der Waals surface area contributed by atoms with Crippen LogP contribution < -0.4 is 0 Å². The molecular formula is C14H16BrN3O. The molecule has 3 heterocycles. The first kappa shape index (κ1) is 12.8. The van der Waals surface area contributed by atoms with E-state index in [1.54, 1.807) is 0 Å². The van der Waals surface area contributed by atoms with E-state index in [1.807, 2.05) is 29.8 Å². The van der Waals surface area contributed by atoms with Gasteiger partial charge in [0.25, 0.3) is 0 Å². The molecular weight excluding hydrogens is 306 g/mol. The van der Waals surface area contributed by atoms with Crippen LogP contribution in [0.15, 0.2) is 28.9 Å². The van der Waals surface area contributed by atoms with Gasteiger partial charge in [0.2, 0.25) is 0 Å². The van der Waals surface area contributed by atoms with Crippen molar-refractivity contribution in [2.75, 3.05) is 6.61 Å². The summed E-state index contributed by atoms with van der Waals surface area (Å²) in [6.45, 7) is 2.82. The van der Waals surface area contributed by atoms with Crippen LogP contribution in [-0.4, -0.2) is 21.4 Å². The predicted molar refractivity (Wildman–Crippen MR) is 76.7 cm³/mol. The second-order valence-corrected chi connectivity index (χ2v) is 5.59. The average Bonchev–Trinajstić information content (AvgIpc) is 2.82. The van der Waals surface area contributed by atoms with E-state index >= 15 is 0 Å². The molecule has 1 atom stereocenters. The van der Waals surface area contributed by atoms with Gasteiger partial charge in [0.15, 0.2) is 6.23 Å². The van der Waals surface area contributed by atoms with E-state index in [1.165, 1.54) is 6.42 Å². The smallest absolute Gasteiger partial charge is 0.150 e. The zero-order valence-electron chi connectivity index (χ0n) is 10.8. The van der Waals surface area contributed by atoms with Crippen molar-refractivity contribution < 1.29 is 4.74 Å². The number of hydrogen-bond acceptors (Lipinski definition) is 3. The topological polar surface area (TPSA) is 39.9 Å². The van der Waals surface area contributed by atoms with E-state index in [2.05, 4.69) is 32.1 Å². The Kier molecular flexibility index (Phi) is 3.66. The average molecular weight is 322 g/mol. The van der Waals surface area contributed by atoms with E-state index in [0.717, 1.165) is 41.1 Å². The lowest BCUT2D eigenvalue weighted by Crippen LogP contribution is -2.20. The standard InChI is InChI=1S/C14H16BrN3O/c1-10-9-12(11-5-4-6-13(15)16-11)18(17-10)14-7-2-3-8-19-14/h4-6,9,14H,2-3,7-8H2,1H3. The fourth-order valence-electron chi connectivity index (χ4n) is 2.40. The van der Waals surface area contributed by atoms with Crippen LogP contribution >= 0.6 is 15.9 Å². The Labute approximate surface area is 120 Å². The Morgan fingerprint density at radius 2 is 2.26 bits per heavy atom. The molecule has 0 spiro atoms. The van der Waals surface area contributed by atoms with Crippen LogP contribution in [0.5, 0.6) is 0 Å². The van der Waals surface area contributed by atoms with Crippen LogP contribution in [0.1, 0.15) is 31.2 Å². The Hall–Kier alpha value is -1.20. The van der Waals surface area contributed by atoms with Crippen molar-refractivity contribution in [2.24, 2.45) is 0 Å². The first-order valence-electron chi connectivity index (χ1n) is 6.55. The molecule has 2 aromatic heterocycles. The summed E-state index contributed by atoms with van der Waals surface area (Å²) in [7, 11) is 0. The van der Waals surface area contributed by atoms with Crippen molar-refractivity contribution in [2.45, 2.75) is 32.4 Å². The quantitative estimate of drug-likeness (QED) is 0.791. The van der Waals surface area contributed by atoms with Crippen LogP contribution in [0.3, 0.4) is 0 Å². The Balaban J connectivity index is 2.01. The monoisotopic (exact) mass is 321 g/mol. The lowest BCUT2D eigenvalue weighted by molar-refractivity contribution is -0.0385. The number of hydrogen-bond donors (Lipinski definition) is 0. The second-order valence-electron chi connectivity index (χ2n) is 4.78. The molecule has 0 amide bonds. The number of aryl methyl sites for hydroxylation is 1. The molecule has 4 nitrogen and oxygen atoms in total. The minimum atomic E-state index is 0.0400. The minimum absolute atomic E-state index is 0.0400. The van der Waals surface area contributed by atoms with Crippen LogP contribution in [-0.2, 0) is 4.74 Å². The van der Waals surface area contributed by atoms with Gasteiger partial charge in [0.1, 0.15) is 4.60 Å². The van der Waals surface area contributed by atoms with E-state index < -0.39 is 0 Å². The first-order chi connectivity index (χ1) is 9.24. The third-order valence-electron chi connectivity index (χ3n) is 3.26. The van der Waals surface area contributed by atoms with Crippen molar-refractivity contribution in [3.63, 3.8) is 0 Å². The lowest BCUT2D eigenvalue weighted by Gasteiger charge is -2.24. The van der Waals surface area contributed by atoms with Gasteiger partial charge in [-0.1, -0.05) is 6.07 Å². The maximum Gasteiger partial charge on any atom is 0.150 e. The SMILES string of the molecule is Cc1cc(-c2cccc(Br)n2)n(C2CCCCO2)n1. The molecule has 5 heteroatoms. The van der Waals surface area contributed by atoms with Crippen molar-refractivity contribution in [3.8, 4) is 11.4 Å². The summed E-state index contributed by atoms with van der Waals surface area (Å²) >= 11 is 3.41. The minimum Gasteiger partial charge on any atom is -0.356 e. The molecule has 0 saturated carbocycles. The number of pyridine rings is 1. The maximum atomic E-state index is 5.83. The number of rotatable bonds is 2. The Morgan fingerprint density at radius 1 is 1.37 bits per heavy atom. The van der Waals surface area contributed by atoms with Gasteiger partial charge >= 0.3 is 0 Å². The zero-order chi connectivity index (χ0) is 13.2. The third-order valence-corrected chi connectivity index (χ3v) is 3.71. The molecule has 0 bridgehead atoms. The van der Waals surface area contributed by atoms with Crippen molar-refractivity contribution >= 4 is 15.9 Å². The fourth-order valence-corrected chi connectivity index (χ4v) is 2.74. The summed E-state index contributed by atoms with van der Waals surface area (Å²) < 4.78 is 8.64. The second kappa shape index (κ2) is 5.43. The summed E-state index contributed by atoms with van der Waals surface area (Å²) in [4.78, 5) is 4.51. The molecule has 0 aromatic carbocycles. The third kappa shape index (κ3) is 2.72. The van der Waals surface area contributed by atoms with Crippen molar-refractivity contribution in [3.05, 3.63) is 34.6 Å². The van der Waals surface area contributed by atoms with Gasteiger partial charge in [-0.05, 0) is 60.3 Å². The van der Waals surface area contributed by atoms with Crippen LogP contribution in [0, 0.1) is 6.92 Å². The first-order valence-corrected chi connectivity index (χ1v) is 7.34. The van der Waals surface area contributed by atoms with Gasteiger partial charge < -0.3 is 4.74 Å². The van der Waals surface area contributed by atoms with Gasteiger partial charge in [-0.25, -0.2) is 9.67 Å². The molecule has 100 valence electrons. The van der Waals surface area contributed by atoms with Gasteiger partial charge in [0, 0.05) is 6.61 Å². The molecule has 1 aliphatic rings. The summed E-state index contributed by atoms with van der Waals surface area (Å²) in [6, 6.07) is 7.97. The largest absolute Gasteiger partial charge is 0.356 e. The normalized spacial score (nSPS) is 19.6. The van der Waals surface area contributed by atoms with Crippen LogP contribution in [0.2, 0.25) is 0 Å². The zero-order valence-corrected chi connectivity index (χ0v) is 12.4. The van der Waals surface area contributed by atoms with Gasteiger partial charge in [-0.3, -0.25) is 0 Å². The molecule has 3 rings (SSSR count). The van der Waals surface area contributed by atoms with Crippen molar-refractivity contribution in [1.29, 1.82) is 0 Å². The summed E-state index contributed by atoms with van der Waals surface area (Å²) in [6.07, 6.45) is 3.39. The molecule has 1 unspecified atom stereocenters.